The number of nitrogens with zero attached hydrogens (tertiary/aromatic N) is 3. The Morgan fingerprint density at radius 1 is 1.21 bits per heavy atom. The first kappa shape index (κ1) is 19.4. The number of anilines is 1. The molecular weight excluding hydrogens is 414 g/mol. The lowest BCUT2D eigenvalue weighted by atomic mass is 10.1. The second-order valence-electron chi connectivity index (χ2n) is 6.60. The highest BCUT2D eigenvalue weighted by Crippen LogP contribution is 2.30. The summed E-state index contributed by atoms with van der Waals surface area (Å²) in [7, 11) is -3.77. The highest BCUT2D eigenvalue weighted by molar-refractivity contribution is 7.89. The molecular formula is C19H16ClN5O3S. The molecule has 10 heteroatoms. The molecule has 0 atom stereocenters. The van der Waals surface area contributed by atoms with Crippen LogP contribution in [0.25, 0.3) is 11.3 Å². The molecule has 8 nitrogen and oxygen atoms in total. The summed E-state index contributed by atoms with van der Waals surface area (Å²) in [6.45, 7) is 0. The van der Waals surface area contributed by atoms with Crippen LogP contribution in [0.3, 0.4) is 0 Å². The van der Waals surface area contributed by atoms with Crippen LogP contribution in [0.15, 0.2) is 53.8 Å². The Kier molecular flexibility index (Phi) is 5.03. The average molecular weight is 430 g/mol. The van der Waals surface area contributed by atoms with Crippen LogP contribution in [0, 0.1) is 0 Å². The Labute approximate surface area is 172 Å². The average Bonchev–Trinajstić information content (AvgIpc) is 3.52. The van der Waals surface area contributed by atoms with E-state index < -0.39 is 15.8 Å². The van der Waals surface area contributed by atoms with Gasteiger partial charge in [0, 0.05) is 29.6 Å². The lowest BCUT2D eigenvalue weighted by Crippen LogP contribution is -2.26. The fourth-order valence-electron chi connectivity index (χ4n) is 2.69. The van der Waals surface area contributed by atoms with Crippen LogP contribution in [0.2, 0.25) is 5.02 Å². The molecule has 29 heavy (non-hydrogen) atoms. The summed E-state index contributed by atoms with van der Waals surface area (Å²) in [5.41, 5.74) is 6.87. The molecule has 0 unspecified atom stereocenters. The predicted molar refractivity (Wildman–Crippen MR) is 108 cm³/mol. The Morgan fingerprint density at radius 2 is 2.00 bits per heavy atom. The first-order chi connectivity index (χ1) is 13.8. The molecule has 1 saturated carbocycles. The molecule has 3 N–H and O–H groups in total. The van der Waals surface area contributed by atoms with Crippen LogP contribution in [-0.4, -0.2) is 35.2 Å². The molecule has 0 amide bonds. The third kappa shape index (κ3) is 4.12. The third-order valence-electron chi connectivity index (χ3n) is 4.36. The van der Waals surface area contributed by atoms with Crippen LogP contribution >= 0.6 is 11.6 Å². The van der Waals surface area contributed by atoms with Crippen molar-refractivity contribution in [2.45, 2.75) is 23.8 Å². The minimum atomic E-state index is -3.77. The third-order valence-corrected chi connectivity index (χ3v) is 6.36. The number of carbonyl (C=O) groups is 1. The maximum atomic E-state index is 12.7. The van der Waals surface area contributed by atoms with Gasteiger partial charge in [0.2, 0.25) is 15.8 Å². The number of aromatic nitrogens is 3. The van der Waals surface area contributed by atoms with E-state index in [1.807, 2.05) is 0 Å². The van der Waals surface area contributed by atoms with Crippen LogP contribution in [0.4, 0.5) is 5.82 Å². The normalized spacial score (nSPS) is 14.0. The summed E-state index contributed by atoms with van der Waals surface area (Å²) in [4.78, 5) is 24.9. The molecule has 1 aromatic carbocycles. The number of hydrogen-bond acceptors (Lipinski definition) is 7. The molecule has 4 rings (SSSR count). The highest BCUT2D eigenvalue weighted by atomic mass is 35.5. The number of rotatable bonds is 6. The van der Waals surface area contributed by atoms with E-state index >= 15 is 0 Å². The van der Waals surface area contributed by atoms with E-state index in [4.69, 9.17) is 17.3 Å². The Balaban J connectivity index is 1.74. The molecule has 2 heterocycles. The van der Waals surface area contributed by atoms with Gasteiger partial charge in [0.1, 0.15) is 4.90 Å². The van der Waals surface area contributed by atoms with E-state index in [9.17, 15) is 13.2 Å². The second-order valence-corrected chi connectivity index (χ2v) is 8.69. The largest absolute Gasteiger partial charge is 0.382 e. The number of benzene rings is 1. The van der Waals surface area contributed by atoms with Crippen LogP contribution in [-0.2, 0) is 10.0 Å². The summed E-state index contributed by atoms with van der Waals surface area (Å²) in [6.07, 6.45) is 5.95. The molecule has 0 bridgehead atoms. The quantitative estimate of drug-likeness (QED) is 0.576. The zero-order valence-electron chi connectivity index (χ0n) is 15.0. The molecule has 0 radical (unpaired) electrons. The van der Waals surface area contributed by atoms with Crippen molar-refractivity contribution in [3.05, 3.63) is 65.2 Å². The number of nitrogen functional groups attached to an aromatic ring is 1. The maximum Gasteiger partial charge on any atom is 0.242 e. The van der Waals surface area contributed by atoms with Crippen LogP contribution in [0.5, 0.6) is 0 Å². The van der Waals surface area contributed by atoms with Crippen molar-refractivity contribution < 1.29 is 13.2 Å². The van der Waals surface area contributed by atoms with Crippen molar-refractivity contribution in [1.82, 2.24) is 19.7 Å². The van der Waals surface area contributed by atoms with E-state index in [1.165, 1.54) is 24.5 Å². The highest BCUT2D eigenvalue weighted by Gasteiger charge is 2.29. The first-order valence-electron chi connectivity index (χ1n) is 8.74. The van der Waals surface area contributed by atoms with Gasteiger partial charge >= 0.3 is 0 Å². The lowest BCUT2D eigenvalue weighted by Gasteiger charge is -2.10. The lowest BCUT2D eigenvalue weighted by molar-refractivity contribution is 0.103. The molecule has 0 saturated heterocycles. The number of halogens is 1. The molecule has 1 aliphatic rings. The van der Waals surface area contributed by atoms with Gasteiger partial charge in [0.25, 0.3) is 0 Å². The fraction of sp³-hybridized carbons (Fsp3) is 0.158. The van der Waals surface area contributed by atoms with Crippen molar-refractivity contribution >= 4 is 33.2 Å². The van der Waals surface area contributed by atoms with E-state index in [-0.39, 0.29) is 27.5 Å². The number of nitrogens with one attached hydrogen (secondary N) is 1. The second kappa shape index (κ2) is 7.51. The van der Waals surface area contributed by atoms with Crippen molar-refractivity contribution in [1.29, 1.82) is 0 Å². The number of nitrogens with two attached hydrogens (primary N) is 1. The predicted octanol–water partition coefficient (Wildman–Crippen LogP) is 2.45. The topological polar surface area (TPSA) is 128 Å². The van der Waals surface area contributed by atoms with Gasteiger partial charge in [-0.05, 0) is 37.1 Å². The zero-order chi connectivity index (χ0) is 20.6. The summed E-state index contributed by atoms with van der Waals surface area (Å²) < 4.78 is 27.8. The van der Waals surface area contributed by atoms with Gasteiger partial charge in [-0.3, -0.25) is 9.78 Å². The summed E-state index contributed by atoms with van der Waals surface area (Å²) in [5, 5.41) is 0.0944. The Hall–Kier alpha value is -2.88. The number of pyridine rings is 1. The standard InChI is InChI=1S/C19H16ClN5O3S/c20-14-6-3-11(8-16(14)29(27,28)25-13-4-5-13)15-10-23-19(21)17(24-15)18(26)12-2-1-7-22-9-12/h1-3,6-10,13,25H,4-5H2,(H2,21,23). The zero-order valence-corrected chi connectivity index (χ0v) is 16.6. The van der Waals surface area contributed by atoms with Crippen molar-refractivity contribution in [3.63, 3.8) is 0 Å². The molecule has 0 aliphatic heterocycles. The molecule has 1 aliphatic carbocycles. The summed E-state index contributed by atoms with van der Waals surface area (Å²) in [5.74, 6) is -0.457. The van der Waals surface area contributed by atoms with Gasteiger partial charge in [0.05, 0.1) is 16.9 Å². The van der Waals surface area contributed by atoms with Crippen molar-refractivity contribution in [3.8, 4) is 11.3 Å². The van der Waals surface area contributed by atoms with Gasteiger partial charge in [-0.15, -0.1) is 0 Å². The number of sulfonamides is 1. The number of carbonyl (C=O) groups excluding carboxylic acids is 1. The summed E-state index contributed by atoms with van der Waals surface area (Å²) in [6, 6.07) is 7.66. The smallest absolute Gasteiger partial charge is 0.242 e. The Bertz CT molecular complexity index is 1200. The minimum absolute atomic E-state index is 0.0280. The van der Waals surface area contributed by atoms with E-state index in [1.54, 1.807) is 24.4 Å². The molecule has 148 valence electrons. The molecule has 0 spiro atoms. The van der Waals surface area contributed by atoms with E-state index in [0.717, 1.165) is 12.8 Å². The molecule has 1 fully saturated rings. The maximum absolute atomic E-state index is 12.7. The first-order valence-corrected chi connectivity index (χ1v) is 10.6. The van der Waals surface area contributed by atoms with Crippen molar-refractivity contribution in [2.75, 3.05) is 5.73 Å². The fourth-order valence-corrected chi connectivity index (χ4v) is 4.52. The molecule has 3 aromatic rings. The van der Waals surface area contributed by atoms with E-state index in [2.05, 4.69) is 19.7 Å². The molecule has 2 aromatic heterocycles. The van der Waals surface area contributed by atoms with Gasteiger partial charge in [-0.1, -0.05) is 17.7 Å². The van der Waals surface area contributed by atoms with E-state index in [0.29, 0.717) is 16.8 Å². The SMILES string of the molecule is Nc1ncc(-c2ccc(Cl)c(S(=O)(=O)NC3CC3)c2)nc1C(=O)c1cccnc1. The minimum Gasteiger partial charge on any atom is -0.382 e. The van der Waals surface area contributed by atoms with Crippen LogP contribution < -0.4 is 10.5 Å². The van der Waals surface area contributed by atoms with Gasteiger partial charge in [-0.25, -0.2) is 23.1 Å². The summed E-state index contributed by atoms with van der Waals surface area (Å²) >= 11 is 6.12. The van der Waals surface area contributed by atoms with Crippen molar-refractivity contribution in [2.24, 2.45) is 0 Å². The number of ketones is 1. The number of hydrogen-bond donors (Lipinski definition) is 2. The Morgan fingerprint density at radius 3 is 2.69 bits per heavy atom. The van der Waals surface area contributed by atoms with Gasteiger partial charge < -0.3 is 5.73 Å². The van der Waals surface area contributed by atoms with Gasteiger partial charge in [0.15, 0.2) is 11.5 Å². The van der Waals surface area contributed by atoms with Gasteiger partial charge in [-0.2, -0.15) is 0 Å². The monoisotopic (exact) mass is 429 g/mol. The van der Waals surface area contributed by atoms with Crippen LogP contribution in [0.1, 0.15) is 28.9 Å².